The summed E-state index contributed by atoms with van der Waals surface area (Å²) in [6.45, 7) is 6.10. The van der Waals surface area contributed by atoms with Crippen molar-refractivity contribution in [1.82, 2.24) is 4.90 Å². The molecule has 0 radical (unpaired) electrons. The lowest BCUT2D eigenvalue weighted by atomic mass is 9.94. The van der Waals surface area contributed by atoms with Crippen LogP contribution < -0.4 is 5.73 Å². The van der Waals surface area contributed by atoms with Crippen LogP contribution in [0, 0.1) is 16.0 Å². The molecular weight excluding hydrogens is 366 g/mol. The first kappa shape index (κ1) is 22.3. The number of carbonyl (C=O) groups is 1. The first-order valence-corrected chi connectivity index (χ1v) is 8.37. The lowest BCUT2D eigenvalue weighted by Gasteiger charge is -2.28. The third-order valence-electron chi connectivity index (χ3n) is 4.27. The first-order chi connectivity index (χ1) is 12.4. The predicted molar refractivity (Wildman–Crippen MR) is 108 cm³/mol. The smallest absolute Gasteiger partial charge is 0.269 e. The molecule has 1 amide bonds. The molecule has 0 fully saturated rings. The fraction of sp³-hybridized carbons (Fsp3) is 0.250. The largest absolute Gasteiger partial charge is 0.334 e. The number of rotatable bonds is 8. The van der Waals surface area contributed by atoms with E-state index in [4.69, 9.17) is 5.73 Å². The SMILES string of the molecule is C=CCN(Cc1cccc([N+](=O)[O-])c1)C(=O)C(C)C(N)c1ccccc1.Cl. The topological polar surface area (TPSA) is 89.5 Å². The molecule has 0 aliphatic rings. The Hall–Kier alpha value is -2.70. The number of nitro groups is 1. The number of nitrogens with two attached hydrogens (primary N) is 1. The summed E-state index contributed by atoms with van der Waals surface area (Å²) >= 11 is 0. The van der Waals surface area contributed by atoms with Gasteiger partial charge in [-0.15, -0.1) is 19.0 Å². The van der Waals surface area contributed by atoms with Crippen molar-refractivity contribution >= 4 is 24.0 Å². The highest BCUT2D eigenvalue weighted by atomic mass is 35.5. The molecule has 2 atom stereocenters. The van der Waals surface area contributed by atoms with E-state index < -0.39 is 16.9 Å². The Morgan fingerprint density at radius 1 is 1.26 bits per heavy atom. The van der Waals surface area contributed by atoms with Gasteiger partial charge in [-0.1, -0.05) is 55.5 Å². The van der Waals surface area contributed by atoms with Crippen molar-refractivity contribution in [3.63, 3.8) is 0 Å². The Balaban J connectivity index is 0.00000364. The number of amides is 1. The second kappa shape index (κ2) is 10.4. The molecular formula is C20H24ClN3O3. The second-order valence-corrected chi connectivity index (χ2v) is 6.16. The van der Waals surface area contributed by atoms with E-state index in [0.29, 0.717) is 12.1 Å². The van der Waals surface area contributed by atoms with Crippen molar-refractivity contribution in [1.29, 1.82) is 0 Å². The average Bonchev–Trinajstić information content (AvgIpc) is 2.66. The van der Waals surface area contributed by atoms with Gasteiger partial charge < -0.3 is 10.6 Å². The van der Waals surface area contributed by atoms with Crippen molar-refractivity contribution in [3.8, 4) is 0 Å². The molecule has 0 saturated heterocycles. The van der Waals surface area contributed by atoms with Crippen molar-refractivity contribution in [2.24, 2.45) is 11.7 Å². The summed E-state index contributed by atoms with van der Waals surface area (Å²) in [6.07, 6.45) is 1.63. The molecule has 0 aromatic heterocycles. The summed E-state index contributed by atoms with van der Waals surface area (Å²) in [5.74, 6) is -0.552. The van der Waals surface area contributed by atoms with Crippen LogP contribution in [-0.4, -0.2) is 22.3 Å². The molecule has 27 heavy (non-hydrogen) atoms. The number of nitro benzene ring substituents is 1. The maximum absolute atomic E-state index is 12.9. The number of non-ortho nitro benzene ring substituents is 1. The van der Waals surface area contributed by atoms with Gasteiger partial charge in [-0.05, 0) is 11.1 Å². The molecule has 0 aliphatic carbocycles. The average molecular weight is 390 g/mol. The fourth-order valence-electron chi connectivity index (χ4n) is 2.78. The standard InChI is InChI=1S/C20H23N3O3.ClH/c1-3-12-22(14-16-8-7-11-18(13-16)23(25)26)20(24)15(2)19(21)17-9-5-4-6-10-17;/h3-11,13,15,19H,1,12,14,21H2,2H3;1H. The molecule has 0 bridgehead atoms. The van der Waals surface area contributed by atoms with Crippen molar-refractivity contribution < 1.29 is 9.72 Å². The molecule has 2 aromatic carbocycles. The summed E-state index contributed by atoms with van der Waals surface area (Å²) in [4.78, 5) is 25.0. The summed E-state index contributed by atoms with van der Waals surface area (Å²) in [7, 11) is 0. The predicted octanol–water partition coefficient (Wildman–Crippen LogP) is 3.87. The van der Waals surface area contributed by atoms with Crippen LogP contribution in [0.4, 0.5) is 5.69 Å². The van der Waals surface area contributed by atoms with Crippen LogP contribution in [-0.2, 0) is 11.3 Å². The van der Waals surface area contributed by atoms with Crippen molar-refractivity contribution in [2.75, 3.05) is 6.54 Å². The molecule has 144 valence electrons. The van der Waals surface area contributed by atoms with E-state index in [9.17, 15) is 14.9 Å². The van der Waals surface area contributed by atoms with E-state index in [2.05, 4.69) is 6.58 Å². The van der Waals surface area contributed by atoms with Crippen LogP contribution in [0.5, 0.6) is 0 Å². The minimum absolute atomic E-state index is 0. The molecule has 2 rings (SSSR count). The number of benzene rings is 2. The summed E-state index contributed by atoms with van der Waals surface area (Å²) < 4.78 is 0. The highest BCUT2D eigenvalue weighted by Crippen LogP contribution is 2.22. The van der Waals surface area contributed by atoms with Crippen LogP contribution in [0.15, 0.2) is 67.3 Å². The van der Waals surface area contributed by atoms with Crippen molar-refractivity contribution in [2.45, 2.75) is 19.5 Å². The van der Waals surface area contributed by atoms with Gasteiger partial charge in [0, 0.05) is 31.3 Å². The van der Waals surface area contributed by atoms with E-state index in [-0.39, 0.29) is 30.5 Å². The molecule has 0 spiro atoms. The second-order valence-electron chi connectivity index (χ2n) is 6.16. The van der Waals surface area contributed by atoms with E-state index in [1.807, 2.05) is 30.3 Å². The highest BCUT2D eigenvalue weighted by molar-refractivity contribution is 5.85. The number of halogens is 1. The van der Waals surface area contributed by atoms with Gasteiger partial charge in [0.25, 0.3) is 5.69 Å². The van der Waals surface area contributed by atoms with Gasteiger partial charge in [-0.25, -0.2) is 0 Å². The zero-order valence-corrected chi connectivity index (χ0v) is 16.0. The molecule has 2 N–H and O–H groups in total. The van der Waals surface area contributed by atoms with Gasteiger partial charge in [-0.2, -0.15) is 0 Å². The van der Waals surface area contributed by atoms with Gasteiger partial charge >= 0.3 is 0 Å². The number of carbonyl (C=O) groups excluding carboxylic acids is 1. The minimum atomic E-state index is -0.447. The van der Waals surface area contributed by atoms with Gasteiger partial charge in [0.2, 0.25) is 5.91 Å². The molecule has 2 unspecified atom stereocenters. The van der Waals surface area contributed by atoms with E-state index in [0.717, 1.165) is 5.56 Å². The monoisotopic (exact) mass is 389 g/mol. The lowest BCUT2D eigenvalue weighted by molar-refractivity contribution is -0.384. The van der Waals surface area contributed by atoms with Gasteiger partial charge in [0.15, 0.2) is 0 Å². The third-order valence-corrected chi connectivity index (χ3v) is 4.27. The first-order valence-electron chi connectivity index (χ1n) is 8.37. The van der Waals surface area contributed by atoms with E-state index in [1.54, 1.807) is 30.0 Å². The number of nitrogens with zero attached hydrogens (tertiary/aromatic N) is 2. The maximum atomic E-state index is 12.9. The van der Waals surface area contributed by atoms with Gasteiger partial charge in [0.1, 0.15) is 0 Å². The Kier molecular flexibility index (Phi) is 8.65. The fourth-order valence-corrected chi connectivity index (χ4v) is 2.78. The summed E-state index contributed by atoms with van der Waals surface area (Å²) in [6, 6.07) is 15.3. The van der Waals surface area contributed by atoms with Gasteiger partial charge in [-0.3, -0.25) is 14.9 Å². The summed E-state index contributed by atoms with van der Waals surface area (Å²) in [5.41, 5.74) is 7.85. The molecule has 0 saturated carbocycles. The zero-order chi connectivity index (χ0) is 19.1. The van der Waals surface area contributed by atoms with Gasteiger partial charge in [0.05, 0.1) is 10.8 Å². The third kappa shape index (κ3) is 5.91. The van der Waals surface area contributed by atoms with Crippen LogP contribution >= 0.6 is 12.4 Å². The van der Waals surface area contributed by atoms with Crippen LogP contribution in [0.2, 0.25) is 0 Å². The molecule has 0 heterocycles. The molecule has 2 aromatic rings. The van der Waals surface area contributed by atoms with Crippen LogP contribution in [0.25, 0.3) is 0 Å². The van der Waals surface area contributed by atoms with E-state index in [1.165, 1.54) is 12.1 Å². The molecule has 7 heteroatoms. The number of hydrogen-bond donors (Lipinski definition) is 1. The quantitative estimate of drug-likeness (QED) is 0.421. The molecule has 0 aliphatic heterocycles. The Labute approximate surface area is 165 Å². The zero-order valence-electron chi connectivity index (χ0n) is 15.2. The minimum Gasteiger partial charge on any atom is -0.334 e. The maximum Gasteiger partial charge on any atom is 0.269 e. The Morgan fingerprint density at radius 3 is 2.52 bits per heavy atom. The molecule has 6 nitrogen and oxygen atoms in total. The summed E-state index contributed by atoms with van der Waals surface area (Å²) in [5, 5.41) is 10.9. The highest BCUT2D eigenvalue weighted by Gasteiger charge is 2.26. The van der Waals surface area contributed by atoms with Crippen LogP contribution in [0.1, 0.15) is 24.1 Å². The van der Waals surface area contributed by atoms with E-state index >= 15 is 0 Å². The Bertz CT molecular complexity index is 783. The lowest BCUT2D eigenvalue weighted by Crippen LogP contribution is -2.39. The Morgan fingerprint density at radius 2 is 1.93 bits per heavy atom. The normalized spacial score (nSPS) is 12.4. The van der Waals surface area contributed by atoms with Crippen LogP contribution in [0.3, 0.4) is 0 Å². The van der Waals surface area contributed by atoms with Crippen molar-refractivity contribution in [3.05, 3.63) is 88.5 Å². The number of hydrogen-bond acceptors (Lipinski definition) is 4.